The minimum Gasteiger partial charge on any atom is -0.366 e. The van der Waals surface area contributed by atoms with Crippen LogP contribution < -0.4 is 4.90 Å². The lowest BCUT2D eigenvalue weighted by atomic mass is 9.97. The average Bonchev–Trinajstić information content (AvgIpc) is 3.46. The Morgan fingerprint density at radius 2 is 1.87 bits per heavy atom. The second-order valence-corrected chi connectivity index (χ2v) is 8.48. The normalized spacial score (nSPS) is 21.1. The third-order valence-corrected chi connectivity index (χ3v) is 6.67. The molecule has 2 aliphatic heterocycles. The minimum atomic E-state index is 0.635. The van der Waals surface area contributed by atoms with Gasteiger partial charge in [0.05, 0.1) is 5.56 Å². The Morgan fingerprint density at radius 3 is 2.60 bits per heavy atom. The molecule has 2 aliphatic rings. The Kier molecular flexibility index (Phi) is 3.89. The Morgan fingerprint density at radius 1 is 1.00 bits per heavy atom. The summed E-state index contributed by atoms with van der Waals surface area (Å²) in [7, 11) is 2.25. The number of nitrogens with zero attached hydrogens (tertiary/aromatic N) is 6. The number of likely N-dealkylation sites (tertiary alicyclic amines) is 1. The molecule has 0 radical (unpaired) electrons. The molecule has 150 valence electrons. The van der Waals surface area contributed by atoms with Crippen LogP contribution in [0.1, 0.15) is 12.0 Å². The molecule has 5 heterocycles. The molecule has 0 aliphatic carbocycles. The first kappa shape index (κ1) is 17.6. The van der Waals surface area contributed by atoms with Gasteiger partial charge in [0.1, 0.15) is 5.69 Å². The Labute approximate surface area is 175 Å². The first-order valence-corrected chi connectivity index (χ1v) is 10.5. The zero-order chi connectivity index (χ0) is 20.2. The summed E-state index contributed by atoms with van der Waals surface area (Å²) in [6.45, 7) is 4.48. The van der Waals surface area contributed by atoms with E-state index in [1.54, 1.807) is 0 Å². The van der Waals surface area contributed by atoms with Crippen molar-refractivity contribution < 1.29 is 0 Å². The molecule has 0 spiro atoms. The zero-order valence-corrected chi connectivity index (χ0v) is 17.2. The SMILES string of the molecule is Cc1cc(N2C[C@@H]3C[C@H]2CN3C)ccc1-c1c(-c2ccncc2)nn2cccnc12. The Bertz CT molecular complexity index is 1230. The van der Waals surface area contributed by atoms with Gasteiger partial charge in [0.2, 0.25) is 0 Å². The smallest absolute Gasteiger partial charge is 0.163 e. The average molecular weight is 396 g/mol. The first-order chi connectivity index (χ1) is 14.7. The molecule has 30 heavy (non-hydrogen) atoms. The number of hydrogen-bond acceptors (Lipinski definition) is 5. The summed E-state index contributed by atoms with van der Waals surface area (Å²) in [5.74, 6) is 0. The van der Waals surface area contributed by atoms with Crippen LogP contribution >= 0.6 is 0 Å². The molecule has 2 fully saturated rings. The number of anilines is 1. The second kappa shape index (κ2) is 6.64. The van der Waals surface area contributed by atoms with Crippen LogP contribution in [-0.4, -0.2) is 56.7 Å². The summed E-state index contributed by atoms with van der Waals surface area (Å²) < 4.78 is 1.87. The summed E-state index contributed by atoms with van der Waals surface area (Å²) in [6, 6.07) is 14.1. The molecule has 1 aromatic carbocycles. The molecule has 2 bridgehead atoms. The van der Waals surface area contributed by atoms with Gasteiger partial charge >= 0.3 is 0 Å². The van der Waals surface area contributed by atoms with Gasteiger partial charge in [0.15, 0.2) is 5.65 Å². The molecule has 0 N–H and O–H groups in total. The van der Waals surface area contributed by atoms with Crippen molar-refractivity contribution >= 4 is 11.3 Å². The minimum absolute atomic E-state index is 0.635. The number of piperazine rings is 1. The van der Waals surface area contributed by atoms with Crippen LogP contribution in [0.3, 0.4) is 0 Å². The van der Waals surface area contributed by atoms with Gasteiger partial charge < -0.3 is 4.90 Å². The first-order valence-electron chi connectivity index (χ1n) is 10.5. The third-order valence-electron chi connectivity index (χ3n) is 6.67. The van der Waals surface area contributed by atoms with Gasteiger partial charge in [-0.15, -0.1) is 0 Å². The third kappa shape index (κ3) is 2.64. The van der Waals surface area contributed by atoms with Crippen LogP contribution in [0.5, 0.6) is 0 Å². The number of fused-ring (bicyclic) bond motifs is 3. The number of pyridine rings is 1. The van der Waals surface area contributed by atoms with E-state index in [1.807, 2.05) is 47.5 Å². The van der Waals surface area contributed by atoms with E-state index in [9.17, 15) is 0 Å². The molecule has 2 saturated heterocycles. The number of aryl methyl sites for hydroxylation is 1. The van der Waals surface area contributed by atoms with Gasteiger partial charge in [0, 0.05) is 61.2 Å². The number of rotatable bonds is 3. The highest BCUT2D eigenvalue weighted by molar-refractivity contribution is 5.92. The topological polar surface area (TPSA) is 49.6 Å². The molecule has 0 unspecified atom stereocenters. The van der Waals surface area contributed by atoms with E-state index in [1.165, 1.54) is 23.2 Å². The molecule has 0 saturated carbocycles. The van der Waals surface area contributed by atoms with Crippen molar-refractivity contribution in [3.05, 3.63) is 66.7 Å². The highest BCUT2D eigenvalue weighted by Gasteiger charge is 2.41. The largest absolute Gasteiger partial charge is 0.366 e. The number of aromatic nitrogens is 4. The summed E-state index contributed by atoms with van der Waals surface area (Å²) >= 11 is 0. The van der Waals surface area contributed by atoms with Crippen molar-refractivity contribution in [2.45, 2.75) is 25.4 Å². The fourth-order valence-corrected chi connectivity index (χ4v) is 5.14. The van der Waals surface area contributed by atoms with Gasteiger partial charge in [-0.25, -0.2) is 9.50 Å². The molecule has 2 atom stereocenters. The van der Waals surface area contributed by atoms with E-state index in [-0.39, 0.29) is 0 Å². The van der Waals surface area contributed by atoms with Gasteiger partial charge in [-0.2, -0.15) is 5.10 Å². The van der Waals surface area contributed by atoms with Crippen molar-refractivity contribution in [2.75, 3.05) is 25.0 Å². The van der Waals surface area contributed by atoms with E-state index < -0.39 is 0 Å². The van der Waals surface area contributed by atoms with Gasteiger partial charge in [-0.3, -0.25) is 9.88 Å². The molecular formula is C24H24N6. The summed E-state index contributed by atoms with van der Waals surface area (Å²) in [5.41, 5.74) is 7.70. The van der Waals surface area contributed by atoms with Crippen LogP contribution in [0.4, 0.5) is 5.69 Å². The number of benzene rings is 1. The predicted molar refractivity (Wildman–Crippen MR) is 119 cm³/mol. The van der Waals surface area contributed by atoms with E-state index in [4.69, 9.17) is 5.10 Å². The Balaban J connectivity index is 1.47. The van der Waals surface area contributed by atoms with Crippen LogP contribution in [0.25, 0.3) is 28.0 Å². The van der Waals surface area contributed by atoms with Crippen molar-refractivity contribution in [1.82, 2.24) is 24.5 Å². The molecule has 6 heteroatoms. The monoisotopic (exact) mass is 396 g/mol. The predicted octanol–water partition coefficient (Wildman–Crippen LogP) is 3.66. The maximum Gasteiger partial charge on any atom is 0.163 e. The molecule has 4 aromatic rings. The van der Waals surface area contributed by atoms with Crippen molar-refractivity contribution in [2.24, 2.45) is 0 Å². The van der Waals surface area contributed by atoms with Gasteiger partial charge in [-0.05, 0) is 61.9 Å². The van der Waals surface area contributed by atoms with Crippen molar-refractivity contribution in [1.29, 1.82) is 0 Å². The second-order valence-electron chi connectivity index (χ2n) is 8.48. The lowest BCUT2D eigenvalue weighted by molar-refractivity contribution is 0.292. The van der Waals surface area contributed by atoms with E-state index >= 15 is 0 Å². The summed E-state index contributed by atoms with van der Waals surface area (Å²) in [4.78, 5) is 13.9. The van der Waals surface area contributed by atoms with Crippen LogP contribution in [0.15, 0.2) is 61.2 Å². The Hall–Kier alpha value is -3.25. The van der Waals surface area contributed by atoms with Crippen LogP contribution in [-0.2, 0) is 0 Å². The standard InChI is InChI=1S/C24H24N6/c1-16-12-18(29-15-19-13-20(29)14-28(19)2)4-5-21(16)22-23(17-6-9-25-10-7-17)27-30-11-3-8-26-24(22)30/h3-12,19-20H,13-15H2,1-2H3/t19-,20-/m0/s1. The summed E-state index contributed by atoms with van der Waals surface area (Å²) in [6.07, 6.45) is 8.69. The molecular weight excluding hydrogens is 372 g/mol. The molecule has 6 rings (SSSR count). The fourth-order valence-electron chi connectivity index (χ4n) is 5.14. The highest BCUT2D eigenvalue weighted by atomic mass is 15.3. The lowest BCUT2D eigenvalue weighted by Gasteiger charge is -2.34. The number of hydrogen-bond donors (Lipinski definition) is 0. The van der Waals surface area contributed by atoms with Gasteiger partial charge in [-0.1, -0.05) is 6.07 Å². The lowest BCUT2D eigenvalue weighted by Crippen LogP contribution is -2.44. The van der Waals surface area contributed by atoms with E-state index in [0.717, 1.165) is 35.6 Å². The van der Waals surface area contributed by atoms with Crippen molar-refractivity contribution in [3.8, 4) is 22.4 Å². The number of likely N-dealkylation sites (N-methyl/N-ethyl adjacent to an activating group) is 1. The zero-order valence-electron chi connectivity index (χ0n) is 17.2. The highest BCUT2D eigenvalue weighted by Crippen LogP contribution is 2.39. The molecule has 6 nitrogen and oxygen atoms in total. The van der Waals surface area contributed by atoms with Crippen LogP contribution in [0, 0.1) is 6.92 Å². The molecule has 0 amide bonds. The van der Waals surface area contributed by atoms with Crippen molar-refractivity contribution in [3.63, 3.8) is 0 Å². The van der Waals surface area contributed by atoms with E-state index in [0.29, 0.717) is 12.1 Å². The quantitative estimate of drug-likeness (QED) is 0.529. The fraction of sp³-hybridized carbons (Fsp3) is 0.292. The maximum atomic E-state index is 4.85. The molecule has 3 aromatic heterocycles. The van der Waals surface area contributed by atoms with Gasteiger partial charge in [0.25, 0.3) is 0 Å². The summed E-state index contributed by atoms with van der Waals surface area (Å²) in [5, 5.41) is 4.85. The maximum absolute atomic E-state index is 4.85. The van der Waals surface area contributed by atoms with E-state index in [2.05, 4.69) is 51.9 Å². The van der Waals surface area contributed by atoms with Crippen LogP contribution in [0.2, 0.25) is 0 Å².